The first-order valence-corrected chi connectivity index (χ1v) is 8.42. The molecule has 1 fully saturated rings. The van der Waals surface area contributed by atoms with Gasteiger partial charge in [0.25, 0.3) is 0 Å². The Hall–Kier alpha value is -2.04. The summed E-state index contributed by atoms with van der Waals surface area (Å²) in [5.74, 6) is -1.24. The lowest BCUT2D eigenvalue weighted by atomic mass is 9.86. The van der Waals surface area contributed by atoms with Crippen LogP contribution in [0.4, 0.5) is 4.79 Å². The van der Waals surface area contributed by atoms with Gasteiger partial charge in [-0.2, -0.15) is 0 Å². The molecule has 1 saturated heterocycles. The van der Waals surface area contributed by atoms with Crippen molar-refractivity contribution in [1.82, 2.24) is 10.2 Å². The standard InChI is InChI=1S/C18H24N2O3/c1-12-7-8-13-4-2-6-16(15(13)10-12)19-18(23)20-9-3-5-14(11-20)17(21)22/h7-8,10,14,16H,2-6,9,11H2,1H3,(H,19,23)(H,21,22)/t14?,16-/m1/s1. The largest absolute Gasteiger partial charge is 0.481 e. The molecule has 23 heavy (non-hydrogen) atoms. The number of benzene rings is 1. The molecule has 1 aromatic rings. The molecule has 2 N–H and O–H groups in total. The number of fused-ring (bicyclic) bond motifs is 1. The number of hydrogen-bond acceptors (Lipinski definition) is 2. The Morgan fingerprint density at radius 1 is 1.26 bits per heavy atom. The molecule has 1 unspecified atom stereocenters. The Morgan fingerprint density at radius 2 is 2.09 bits per heavy atom. The lowest BCUT2D eigenvalue weighted by Crippen LogP contribution is -2.48. The van der Waals surface area contributed by atoms with Gasteiger partial charge in [0.05, 0.1) is 12.0 Å². The number of likely N-dealkylation sites (tertiary alicyclic amines) is 1. The molecule has 2 amide bonds. The fourth-order valence-corrected chi connectivity index (χ4v) is 3.67. The first-order valence-electron chi connectivity index (χ1n) is 8.42. The minimum atomic E-state index is -0.805. The van der Waals surface area contributed by atoms with Gasteiger partial charge < -0.3 is 15.3 Å². The van der Waals surface area contributed by atoms with E-state index in [-0.39, 0.29) is 12.1 Å². The highest BCUT2D eigenvalue weighted by molar-refractivity contribution is 5.77. The number of carbonyl (C=O) groups is 2. The third-order valence-electron chi connectivity index (χ3n) is 4.97. The molecule has 0 aromatic heterocycles. The zero-order valence-electron chi connectivity index (χ0n) is 13.5. The van der Waals surface area contributed by atoms with Crippen molar-refractivity contribution >= 4 is 12.0 Å². The highest BCUT2D eigenvalue weighted by Crippen LogP contribution is 2.30. The molecule has 0 radical (unpaired) electrons. The predicted molar refractivity (Wildman–Crippen MR) is 87.3 cm³/mol. The van der Waals surface area contributed by atoms with Crippen molar-refractivity contribution in [2.75, 3.05) is 13.1 Å². The van der Waals surface area contributed by atoms with Crippen molar-refractivity contribution in [3.05, 3.63) is 34.9 Å². The second-order valence-corrected chi connectivity index (χ2v) is 6.72. The first kappa shape index (κ1) is 15.8. The maximum atomic E-state index is 12.6. The molecule has 0 saturated carbocycles. The summed E-state index contributed by atoms with van der Waals surface area (Å²) in [6, 6.07) is 6.34. The number of carbonyl (C=O) groups excluding carboxylic acids is 1. The van der Waals surface area contributed by atoms with Crippen LogP contribution >= 0.6 is 0 Å². The van der Waals surface area contributed by atoms with E-state index in [0.29, 0.717) is 19.5 Å². The first-order chi connectivity index (χ1) is 11.0. The van der Waals surface area contributed by atoms with Gasteiger partial charge in [0.15, 0.2) is 0 Å². The molecule has 1 heterocycles. The highest BCUT2D eigenvalue weighted by atomic mass is 16.4. The summed E-state index contributed by atoms with van der Waals surface area (Å²) in [7, 11) is 0. The predicted octanol–water partition coefficient (Wildman–Crippen LogP) is 2.88. The van der Waals surface area contributed by atoms with Crippen LogP contribution in [0.15, 0.2) is 18.2 Å². The lowest BCUT2D eigenvalue weighted by Gasteiger charge is -2.34. The molecule has 1 aliphatic carbocycles. The van der Waals surface area contributed by atoms with Crippen LogP contribution < -0.4 is 5.32 Å². The molecule has 3 rings (SSSR count). The summed E-state index contributed by atoms with van der Waals surface area (Å²) < 4.78 is 0. The molecule has 2 aliphatic rings. The van der Waals surface area contributed by atoms with E-state index >= 15 is 0 Å². The Bertz CT molecular complexity index is 614. The second kappa shape index (κ2) is 6.60. The smallest absolute Gasteiger partial charge is 0.317 e. The van der Waals surface area contributed by atoms with E-state index in [2.05, 4.69) is 30.4 Å². The molecule has 1 aliphatic heterocycles. The molecule has 0 spiro atoms. The van der Waals surface area contributed by atoms with Crippen LogP contribution in [0.25, 0.3) is 0 Å². The summed E-state index contributed by atoms with van der Waals surface area (Å²) in [4.78, 5) is 25.4. The van der Waals surface area contributed by atoms with Crippen LogP contribution in [0.5, 0.6) is 0 Å². The van der Waals surface area contributed by atoms with E-state index in [4.69, 9.17) is 5.11 Å². The van der Waals surface area contributed by atoms with Gasteiger partial charge in [-0.15, -0.1) is 0 Å². The van der Waals surface area contributed by atoms with Gasteiger partial charge in [-0.1, -0.05) is 23.8 Å². The number of rotatable bonds is 2. The molecule has 0 bridgehead atoms. The van der Waals surface area contributed by atoms with Gasteiger partial charge in [-0.05, 0) is 50.2 Å². The molecular formula is C18H24N2O3. The third kappa shape index (κ3) is 3.49. The van der Waals surface area contributed by atoms with Gasteiger partial charge in [-0.3, -0.25) is 4.79 Å². The van der Waals surface area contributed by atoms with Crippen molar-refractivity contribution in [3.8, 4) is 0 Å². The van der Waals surface area contributed by atoms with Crippen molar-refractivity contribution in [3.63, 3.8) is 0 Å². The maximum absolute atomic E-state index is 12.6. The molecule has 5 nitrogen and oxygen atoms in total. The molecule has 2 atom stereocenters. The number of urea groups is 1. The number of aryl methyl sites for hydroxylation is 2. The molecule has 5 heteroatoms. The van der Waals surface area contributed by atoms with Crippen LogP contribution in [0.2, 0.25) is 0 Å². The number of carboxylic acids is 1. The highest BCUT2D eigenvalue weighted by Gasteiger charge is 2.30. The van der Waals surface area contributed by atoms with Crippen LogP contribution in [-0.4, -0.2) is 35.1 Å². The quantitative estimate of drug-likeness (QED) is 0.881. The van der Waals surface area contributed by atoms with E-state index < -0.39 is 11.9 Å². The Kier molecular flexibility index (Phi) is 4.55. The van der Waals surface area contributed by atoms with Crippen molar-refractivity contribution in [2.45, 2.75) is 45.1 Å². The van der Waals surface area contributed by atoms with Crippen molar-refractivity contribution in [2.24, 2.45) is 5.92 Å². The minimum Gasteiger partial charge on any atom is -0.481 e. The Balaban J connectivity index is 1.69. The van der Waals surface area contributed by atoms with Crippen LogP contribution in [0.1, 0.15) is 48.4 Å². The Labute approximate surface area is 136 Å². The van der Waals surface area contributed by atoms with E-state index in [9.17, 15) is 9.59 Å². The molecular weight excluding hydrogens is 292 g/mol. The number of carboxylic acid groups (broad SMARTS) is 1. The average molecular weight is 316 g/mol. The van der Waals surface area contributed by atoms with Crippen molar-refractivity contribution in [1.29, 1.82) is 0 Å². The summed E-state index contributed by atoms with van der Waals surface area (Å²) in [6.45, 7) is 3.02. The normalized spacial score (nSPS) is 24.0. The van der Waals surface area contributed by atoms with E-state index in [0.717, 1.165) is 25.7 Å². The number of aliphatic carboxylic acids is 1. The topological polar surface area (TPSA) is 69.6 Å². The van der Waals surface area contributed by atoms with Gasteiger partial charge in [0.2, 0.25) is 0 Å². The molecule has 124 valence electrons. The van der Waals surface area contributed by atoms with Crippen LogP contribution in [-0.2, 0) is 11.2 Å². The van der Waals surface area contributed by atoms with E-state index in [1.165, 1.54) is 16.7 Å². The fraction of sp³-hybridized carbons (Fsp3) is 0.556. The van der Waals surface area contributed by atoms with Gasteiger partial charge >= 0.3 is 12.0 Å². The monoisotopic (exact) mass is 316 g/mol. The summed E-state index contributed by atoms with van der Waals surface area (Å²) in [6.07, 6.45) is 4.49. The SMILES string of the molecule is Cc1ccc2c(c1)[C@H](NC(=O)N1CCCC(C(=O)O)C1)CCC2. The fourth-order valence-electron chi connectivity index (χ4n) is 3.67. The number of nitrogens with zero attached hydrogens (tertiary/aromatic N) is 1. The Morgan fingerprint density at radius 3 is 2.87 bits per heavy atom. The van der Waals surface area contributed by atoms with Crippen LogP contribution in [0, 0.1) is 12.8 Å². The molecule has 1 aromatic carbocycles. The maximum Gasteiger partial charge on any atom is 0.317 e. The number of nitrogens with one attached hydrogen (secondary N) is 1. The third-order valence-corrected chi connectivity index (χ3v) is 4.97. The van der Waals surface area contributed by atoms with Crippen LogP contribution in [0.3, 0.4) is 0 Å². The second-order valence-electron chi connectivity index (χ2n) is 6.72. The zero-order valence-corrected chi connectivity index (χ0v) is 13.5. The zero-order chi connectivity index (χ0) is 16.4. The van der Waals surface area contributed by atoms with Gasteiger partial charge in [-0.25, -0.2) is 4.79 Å². The minimum absolute atomic E-state index is 0.0383. The van der Waals surface area contributed by atoms with Crippen molar-refractivity contribution < 1.29 is 14.7 Å². The number of amides is 2. The van der Waals surface area contributed by atoms with E-state index in [1.807, 2.05) is 0 Å². The summed E-state index contributed by atoms with van der Waals surface area (Å²) in [5.41, 5.74) is 3.74. The summed E-state index contributed by atoms with van der Waals surface area (Å²) >= 11 is 0. The number of hydrogen-bond donors (Lipinski definition) is 2. The lowest BCUT2D eigenvalue weighted by molar-refractivity contribution is -0.143. The average Bonchev–Trinajstić information content (AvgIpc) is 2.55. The van der Waals surface area contributed by atoms with E-state index in [1.54, 1.807) is 4.90 Å². The number of piperidine rings is 1. The summed E-state index contributed by atoms with van der Waals surface area (Å²) in [5, 5.41) is 12.3. The van der Waals surface area contributed by atoms with Gasteiger partial charge in [0, 0.05) is 13.1 Å². The van der Waals surface area contributed by atoms with Gasteiger partial charge in [0.1, 0.15) is 0 Å².